The lowest BCUT2D eigenvalue weighted by molar-refractivity contribution is -0.142. The summed E-state index contributed by atoms with van der Waals surface area (Å²) in [7, 11) is 3.20. The molecule has 0 aliphatic carbocycles. The number of aromatic amines is 1. The fourth-order valence-electron chi connectivity index (χ4n) is 3.05. The molecule has 0 saturated heterocycles. The van der Waals surface area contributed by atoms with Gasteiger partial charge >= 0.3 is 5.97 Å². The molecule has 0 fully saturated rings. The van der Waals surface area contributed by atoms with Gasteiger partial charge in [0.15, 0.2) is 0 Å². The number of nitrogens with one attached hydrogen (secondary N) is 1. The minimum Gasteiger partial charge on any atom is -0.481 e. The fourth-order valence-corrected chi connectivity index (χ4v) is 3.05. The van der Waals surface area contributed by atoms with Crippen LogP contribution in [-0.4, -0.2) is 45.9 Å². The van der Waals surface area contributed by atoms with E-state index in [-0.39, 0.29) is 17.9 Å². The van der Waals surface area contributed by atoms with E-state index in [2.05, 4.69) is 9.97 Å². The summed E-state index contributed by atoms with van der Waals surface area (Å²) in [4.78, 5) is 44.1. The molecule has 28 heavy (non-hydrogen) atoms. The van der Waals surface area contributed by atoms with Gasteiger partial charge in [-0.05, 0) is 35.7 Å². The summed E-state index contributed by atoms with van der Waals surface area (Å²) < 4.78 is 0. The average Bonchev–Trinajstić information content (AvgIpc) is 2.65. The molecule has 0 bridgehead atoms. The van der Waals surface area contributed by atoms with Crippen molar-refractivity contribution in [1.82, 2.24) is 14.9 Å². The van der Waals surface area contributed by atoms with Gasteiger partial charge in [0.1, 0.15) is 5.82 Å². The van der Waals surface area contributed by atoms with E-state index in [1.807, 2.05) is 6.07 Å². The summed E-state index contributed by atoms with van der Waals surface area (Å²) in [5.41, 5.74) is 2.64. The van der Waals surface area contributed by atoms with Gasteiger partial charge in [-0.1, -0.05) is 30.3 Å². The maximum absolute atomic E-state index is 12.2. The lowest BCUT2D eigenvalue weighted by Gasteiger charge is -2.16. The second kappa shape index (κ2) is 7.64. The highest BCUT2D eigenvalue weighted by molar-refractivity contribution is 5.86. The van der Waals surface area contributed by atoms with Crippen LogP contribution in [0.15, 0.2) is 47.3 Å². The number of H-pyrrole nitrogens is 1. The van der Waals surface area contributed by atoms with Gasteiger partial charge in [-0.25, -0.2) is 4.98 Å². The molecule has 0 saturated carbocycles. The molecular weight excluding hydrogens is 358 g/mol. The van der Waals surface area contributed by atoms with Gasteiger partial charge in [0.25, 0.3) is 5.56 Å². The molecule has 0 radical (unpaired) electrons. The minimum absolute atomic E-state index is 0.0992. The molecule has 1 unspecified atom stereocenters. The van der Waals surface area contributed by atoms with Gasteiger partial charge in [0, 0.05) is 20.5 Å². The molecule has 1 amide bonds. The lowest BCUT2D eigenvalue weighted by atomic mass is 9.93. The van der Waals surface area contributed by atoms with Crippen LogP contribution in [0.25, 0.3) is 22.0 Å². The summed E-state index contributed by atoms with van der Waals surface area (Å²) in [5, 5.41) is 9.99. The van der Waals surface area contributed by atoms with Crippen molar-refractivity contribution in [3.8, 4) is 11.1 Å². The number of benzene rings is 2. The third kappa shape index (κ3) is 3.93. The molecule has 0 spiro atoms. The molecule has 0 aliphatic heterocycles. The first-order valence-electron chi connectivity index (χ1n) is 8.80. The van der Waals surface area contributed by atoms with Gasteiger partial charge < -0.3 is 15.0 Å². The van der Waals surface area contributed by atoms with Crippen LogP contribution in [0.1, 0.15) is 23.7 Å². The van der Waals surface area contributed by atoms with Crippen LogP contribution in [-0.2, 0) is 9.59 Å². The first-order valence-corrected chi connectivity index (χ1v) is 8.80. The zero-order valence-corrected chi connectivity index (χ0v) is 15.9. The zero-order chi connectivity index (χ0) is 20.4. The normalized spacial score (nSPS) is 12.0. The molecule has 7 heteroatoms. The highest BCUT2D eigenvalue weighted by atomic mass is 16.4. The Morgan fingerprint density at radius 2 is 1.75 bits per heavy atom. The molecule has 144 valence electrons. The number of carboxylic acids is 1. The molecular formula is C21H21N3O4. The highest BCUT2D eigenvalue weighted by Crippen LogP contribution is 2.26. The van der Waals surface area contributed by atoms with Gasteiger partial charge in [0.2, 0.25) is 5.91 Å². The molecule has 0 aliphatic rings. The number of carboxylic acid groups (broad SMARTS) is 1. The minimum atomic E-state index is -1.04. The Morgan fingerprint density at radius 3 is 2.36 bits per heavy atom. The molecule has 3 rings (SSSR count). The Balaban J connectivity index is 1.93. The quantitative estimate of drug-likeness (QED) is 0.709. The van der Waals surface area contributed by atoms with Crippen LogP contribution < -0.4 is 5.56 Å². The highest BCUT2D eigenvalue weighted by Gasteiger charge is 2.24. The van der Waals surface area contributed by atoms with Crippen LogP contribution in [0.2, 0.25) is 0 Å². The van der Waals surface area contributed by atoms with Gasteiger partial charge in [-0.15, -0.1) is 0 Å². The van der Waals surface area contributed by atoms with Crippen molar-refractivity contribution in [3.05, 3.63) is 64.2 Å². The first kappa shape index (κ1) is 19.3. The van der Waals surface area contributed by atoms with E-state index in [1.54, 1.807) is 57.4 Å². The van der Waals surface area contributed by atoms with Gasteiger partial charge in [-0.2, -0.15) is 0 Å². The molecule has 2 aromatic carbocycles. The number of hydrogen-bond acceptors (Lipinski definition) is 4. The summed E-state index contributed by atoms with van der Waals surface area (Å²) >= 11 is 0. The Bertz CT molecular complexity index is 1100. The standard InChI is InChI=1S/C21H21N3O4/c1-12-22-18-9-8-15(10-17(18)20(26)23-12)13-4-6-14(7-5-13)16(21(27)28)11-19(25)24(2)3/h4-10,16H,11H2,1-3H3,(H,27,28)(H,22,23,26). The van der Waals surface area contributed by atoms with E-state index in [0.717, 1.165) is 11.1 Å². The van der Waals surface area contributed by atoms with E-state index >= 15 is 0 Å². The topological polar surface area (TPSA) is 103 Å². The smallest absolute Gasteiger partial charge is 0.311 e. The number of aromatic nitrogens is 2. The number of fused-ring (bicyclic) bond motifs is 1. The Hall–Kier alpha value is -3.48. The van der Waals surface area contributed by atoms with Crippen molar-refractivity contribution in [3.63, 3.8) is 0 Å². The van der Waals surface area contributed by atoms with Crippen LogP contribution in [0, 0.1) is 6.92 Å². The van der Waals surface area contributed by atoms with E-state index in [4.69, 9.17) is 0 Å². The predicted octanol–water partition coefficient (Wildman–Crippen LogP) is 2.55. The summed E-state index contributed by atoms with van der Waals surface area (Å²) in [6.45, 7) is 1.73. The van der Waals surface area contributed by atoms with Crippen LogP contribution in [0.3, 0.4) is 0 Å². The number of hydrogen-bond donors (Lipinski definition) is 2. The van der Waals surface area contributed by atoms with E-state index in [0.29, 0.717) is 22.3 Å². The lowest BCUT2D eigenvalue weighted by Crippen LogP contribution is -2.26. The number of carbonyl (C=O) groups is 2. The fraction of sp³-hybridized carbons (Fsp3) is 0.238. The van der Waals surface area contributed by atoms with Gasteiger partial charge in [-0.3, -0.25) is 14.4 Å². The van der Waals surface area contributed by atoms with E-state index in [9.17, 15) is 19.5 Å². The van der Waals surface area contributed by atoms with Crippen molar-refractivity contribution in [1.29, 1.82) is 0 Å². The maximum Gasteiger partial charge on any atom is 0.311 e. The summed E-state index contributed by atoms with van der Waals surface area (Å²) in [6.07, 6.45) is -0.0992. The SMILES string of the molecule is Cc1nc2ccc(-c3ccc(C(CC(=O)N(C)C)C(=O)O)cc3)cc2c(=O)[nH]1. The second-order valence-corrected chi connectivity index (χ2v) is 6.89. The second-order valence-electron chi connectivity index (χ2n) is 6.89. The van der Waals surface area contributed by atoms with Gasteiger partial charge in [0.05, 0.1) is 16.8 Å². The monoisotopic (exact) mass is 379 g/mol. The third-order valence-corrected chi connectivity index (χ3v) is 4.65. The van der Waals surface area contributed by atoms with Crippen molar-refractivity contribution < 1.29 is 14.7 Å². The zero-order valence-electron chi connectivity index (χ0n) is 15.9. The third-order valence-electron chi connectivity index (χ3n) is 4.65. The van der Waals surface area contributed by atoms with Crippen LogP contribution in [0.5, 0.6) is 0 Å². The first-order chi connectivity index (χ1) is 13.3. The van der Waals surface area contributed by atoms with Crippen molar-refractivity contribution in [2.24, 2.45) is 0 Å². The Kier molecular flexibility index (Phi) is 5.26. The maximum atomic E-state index is 12.2. The number of aryl methyl sites for hydroxylation is 1. The number of amides is 1. The molecule has 7 nitrogen and oxygen atoms in total. The number of rotatable bonds is 5. The Labute approximate surface area is 161 Å². The Morgan fingerprint density at radius 1 is 1.11 bits per heavy atom. The number of nitrogens with zero attached hydrogens (tertiary/aromatic N) is 2. The van der Waals surface area contributed by atoms with Crippen LogP contribution in [0.4, 0.5) is 0 Å². The van der Waals surface area contributed by atoms with E-state index in [1.165, 1.54) is 4.90 Å². The van der Waals surface area contributed by atoms with Crippen molar-refractivity contribution in [2.75, 3.05) is 14.1 Å². The predicted molar refractivity (Wildman–Crippen MR) is 106 cm³/mol. The molecule has 1 atom stereocenters. The number of carbonyl (C=O) groups excluding carboxylic acids is 1. The van der Waals surface area contributed by atoms with Crippen molar-refractivity contribution in [2.45, 2.75) is 19.3 Å². The average molecular weight is 379 g/mol. The molecule has 3 aromatic rings. The summed E-state index contributed by atoms with van der Waals surface area (Å²) in [6, 6.07) is 12.4. The molecule has 2 N–H and O–H groups in total. The largest absolute Gasteiger partial charge is 0.481 e. The van der Waals surface area contributed by atoms with E-state index < -0.39 is 11.9 Å². The number of aliphatic carboxylic acids is 1. The summed E-state index contributed by atoms with van der Waals surface area (Å²) in [5.74, 6) is -1.63. The van der Waals surface area contributed by atoms with Crippen LogP contribution >= 0.6 is 0 Å². The molecule has 1 heterocycles. The molecule has 1 aromatic heterocycles. The van der Waals surface area contributed by atoms with Crippen molar-refractivity contribution >= 4 is 22.8 Å².